The van der Waals surface area contributed by atoms with Crippen LogP contribution in [0.5, 0.6) is 0 Å². The first-order valence-electron chi connectivity index (χ1n) is 4.59. The minimum atomic E-state index is 0.397. The van der Waals surface area contributed by atoms with Crippen molar-refractivity contribution in [1.82, 2.24) is 0 Å². The SMILES string of the molecule is CCC1CCCCC1C(=N)N. The van der Waals surface area contributed by atoms with Gasteiger partial charge in [0.05, 0.1) is 5.84 Å². The van der Waals surface area contributed by atoms with Gasteiger partial charge in [0.25, 0.3) is 0 Å². The molecule has 2 nitrogen and oxygen atoms in total. The monoisotopic (exact) mass is 154 g/mol. The van der Waals surface area contributed by atoms with Gasteiger partial charge in [-0.05, 0) is 18.8 Å². The van der Waals surface area contributed by atoms with Crippen molar-refractivity contribution in [3.05, 3.63) is 0 Å². The fourth-order valence-electron chi connectivity index (χ4n) is 2.11. The molecule has 0 aromatic carbocycles. The number of amidine groups is 1. The van der Waals surface area contributed by atoms with Gasteiger partial charge in [0, 0.05) is 5.92 Å². The number of rotatable bonds is 2. The Bertz CT molecular complexity index is 142. The van der Waals surface area contributed by atoms with Crippen LogP contribution in [-0.4, -0.2) is 5.84 Å². The molecule has 1 aliphatic rings. The summed E-state index contributed by atoms with van der Waals surface area (Å²) in [5.41, 5.74) is 5.52. The summed E-state index contributed by atoms with van der Waals surface area (Å²) in [7, 11) is 0. The molecule has 64 valence electrons. The normalized spacial score (nSPS) is 31.7. The van der Waals surface area contributed by atoms with Crippen LogP contribution >= 0.6 is 0 Å². The second-order valence-corrected chi connectivity index (χ2v) is 3.51. The van der Waals surface area contributed by atoms with Crippen LogP contribution < -0.4 is 5.73 Å². The van der Waals surface area contributed by atoms with Gasteiger partial charge in [-0.25, -0.2) is 0 Å². The van der Waals surface area contributed by atoms with Crippen LogP contribution in [0.1, 0.15) is 39.0 Å². The molecule has 0 saturated heterocycles. The molecule has 0 aromatic heterocycles. The van der Waals surface area contributed by atoms with Crippen LogP contribution in [0, 0.1) is 17.2 Å². The van der Waals surface area contributed by atoms with E-state index in [1.165, 1.54) is 25.7 Å². The molecule has 0 heterocycles. The Morgan fingerprint density at radius 2 is 2.09 bits per heavy atom. The molecule has 0 bridgehead atoms. The van der Waals surface area contributed by atoms with Gasteiger partial charge in [-0.15, -0.1) is 0 Å². The van der Waals surface area contributed by atoms with E-state index < -0.39 is 0 Å². The summed E-state index contributed by atoms with van der Waals surface area (Å²) in [6.45, 7) is 2.20. The molecule has 11 heavy (non-hydrogen) atoms. The predicted octanol–water partition coefficient (Wildman–Crippen LogP) is 2.14. The van der Waals surface area contributed by atoms with E-state index in [2.05, 4.69) is 6.92 Å². The van der Waals surface area contributed by atoms with Crippen molar-refractivity contribution in [2.45, 2.75) is 39.0 Å². The first-order valence-corrected chi connectivity index (χ1v) is 4.59. The Kier molecular flexibility index (Phi) is 2.92. The Balaban J connectivity index is 2.51. The highest BCUT2D eigenvalue weighted by Crippen LogP contribution is 2.31. The van der Waals surface area contributed by atoms with E-state index in [1.807, 2.05) is 0 Å². The van der Waals surface area contributed by atoms with Crippen molar-refractivity contribution < 1.29 is 0 Å². The fraction of sp³-hybridized carbons (Fsp3) is 0.889. The second-order valence-electron chi connectivity index (χ2n) is 3.51. The van der Waals surface area contributed by atoms with Gasteiger partial charge in [-0.2, -0.15) is 0 Å². The first kappa shape index (κ1) is 8.57. The molecule has 0 spiro atoms. The van der Waals surface area contributed by atoms with Crippen molar-refractivity contribution in [2.75, 3.05) is 0 Å². The number of hydrogen-bond donors (Lipinski definition) is 2. The minimum absolute atomic E-state index is 0.397. The molecule has 3 N–H and O–H groups in total. The largest absolute Gasteiger partial charge is 0.387 e. The molecule has 0 radical (unpaired) electrons. The lowest BCUT2D eigenvalue weighted by molar-refractivity contribution is 0.291. The quantitative estimate of drug-likeness (QED) is 0.464. The summed E-state index contributed by atoms with van der Waals surface area (Å²) in [4.78, 5) is 0. The molecule has 0 aliphatic heterocycles. The summed E-state index contributed by atoms with van der Waals surface area (Å²) in [5, 5.41) is 7.40. The van der Waals surface area contributed by atoms with Crippen LogP contribution in [-0.2, 0) is 0 Å². The van der Waals surface area contributed by atoms with Crippen molar-refractivity contribution in [1.29, 1.82) is 5.41 Å². The van der Waals surface area contributed by atoms with Crippen molar-refractivity contribution in [2.24, 2.45) is 17.6 Å². The summed E-state index contributed by atoms with van der Waals surface area (Å²) < 4.78 is 0. The Labute approximate surface area is 68.7 Å². The summed E-state index contributed by atoms with van der Waals surface area (Å²) >= 11 is 0. The predicted molar refractivity (Wildman–Crippen MR) is 47.7 cm³/mol. The zero-order valence-corrected chi connectivity index (χ0v) is 7.27. The van der Waals surface area contributed by atoms with Crippen molar-refractivity contribution in [3.8, 4) is 0 Å². The zero-order valence-electron chi connectivity index (χ0n) is 7.27. The van der Waals surface area contributed by atoms with Gasteiger partial charge >= 0.3 is 0 Å². The first-order chi connectivity index (χ1) is 5.25. The summed E-state index contributed by atoms with van der Waals surface area (Å²) in [6, 6.07) is 0. The van der Waals surface area contributed by atoms with Gasteiger partial charge < -0.3 is 5.73 Å². The van der Waals surface area contributed by atoms with E-state index in [0.717, 1.165) is 6.42 Å². The second kappa shape index (κ2) is 3.74. The number of nitrogens with one attached hydrogen (secondary N) is 1. The lowest BCUT2D eigenvalue weighted by Crippen LogP contribution is -2.31. The lowest BCUT2D eigenvalue weighted by atomic mass is 9.77. The van der Waals surface area contributed by atoms with Gasteiger partial charge in [-0.1, -0.05) is 26.2 Å². The van der Waals surface area contributed by atoms with Crippen LogP contribution in [0.3, 0.4) is 0 Å². The maximum atomic E-state index is 7.40. The third-order valence-corrected chi connectivity index (χ3v) is 2.83. The Hall–Kier alpha value is -0.530. The maximum Gasteiger partial charge on any atom is 0.0939 e. The molecule has 2 unspecified atom stereocenters. The molecule has 2 heteroatoms. The zero-order chi connectivity index (χ0) is 8.27. The van der Waals surface area contributed by atoms with E-state index in [0.29, 0.717) is 17.7 Å². The molecule has 1 aliphatic carbocycles. The third kappa shape index (κ3) is 1.95. The Morgan fingerprint density at radius 1 is 1.45 bits per heavy atom. The summed E-state index contributed by atoms with van der Waals surface area (Å²) in [6.07, 6.45) is 6.21. The molecular weight excluding hydrogens is 136 g/mol. The van der Waals surface area contributed by atoms with E-state index >= 15 is 0 Å². The van der Waals surface area contributed by atoms with E-state index in [9.17, 15) is 0 Å². The van der Waals surface area contributed by atoms with Crippen molar-refractivity contribution >= 4 is 5.84 Å². The highest BCUT2D eigenvalue weighted by molar-refractivity contribution is 5.79. The van der Waals surface area contributed by atoms with E-state index in [1.54, 1.807) is 0 Å². The average Bonchev–Trinajstić information content (AvgIpc) is 2.04. The third-order valence-electron chi connectivity index (χ3n) is 2.83. The minimum Gasteiger partial charge on any atom is -0.387 e. The van der Waals surface area contributed by atoms with Crippen LogP contribution in [0.15, 0.2) is 0 Å². The molecule has 0 amide bonds. The Morgan fingerprint density at radius 3 is 2.55 bits per heavy atom. The van der Waals surface area contributed by atoms with E-state index in [-0.39, 0.29) is 0 Å². The molecular formula is C9H18N2. The van der Waals surface area contributed by atoms with Gasteiger partial charge in [0.2, 0.25) is 0 Å². The molecule has 1 fully saturated rings. The van der Waals surface area contributed by atoms with Crippen LogP contribution in [0.25, 0.3) is 0 Å². The smallest absolute Gasteiger partial charge is 0.0939 e. The number of hydrogen-bond acceptors (Lipinski definition) is 1. The average molecular weight is 154 g/mol. The van der Waals surface area contributed by atoms with E-state index in [4.69, 9.17) is 11.1 Å². The van der Waals surface area contributed by atoms with Crippen molar-refractivity contribution in [3.63, 3.8) is 0 Å². The van der Waals surface area contributed by atoms with Crippen LogP contribution in [0.4, 0.5) is 0 Å². The molecule has 1 saturated carbocycles. The molecule has 0 aromatic rings. The summed E-state index contributed by atoms with van der Waals surface area (Å²) in [5.74, 6) is 1.51. The van der Waals surface area contributed by atoms with Gasteiger partial charge in [0.1, 0.15) is 0 Å². The lowest BCUT2D eigenvalue weighted by Gasteiger charge is -2.29. The standard InChI is InChI=1S/C9H18N2/c1-2-7-5-3-4-6-8(7)9(10)11/h7-8H,2-6H2,1H3,(H3,10,11). The topological polar surface area (TPSA) is 49.9 Å². The fourth-order valence-corrected chi connectivity index (χ4v) is 2.11. The maximum absolute atomic E-state index is 7.40. The highest BCUT2D eigenvalue weighted by Gasteiger charge is 2.25. The molecule has 1 rings (SSSR count). The highest BCUT2D eigenvalue weighted by atomic mass is 14.7. The van der Waals surface area contributed by atoms with Gasteiger partial charge in [-0.3, -0.25) is 5.41 Å². The van der Waals surface area contributed by atoms with Crippen LogP contribution in [0.2, 0.25) is 0 Å². The number of nitrogens with two attached hydrogens (primary N) is 1. The van der Waals surface area contributed by atoms with Gasteiger partial charge in [0.15, 0.2) is 0 Å². The molecule has 2 atom stereocenters.